The van der Waals surface area contributed by atoms with Gasteiger partial charge in [0.25, 0.3) is 5.91 Å². The van der Waals surface area contributed by atoms with Gasteiger partial charge >= 0.3 is 0 Å². The van der Waals surface area contributed by atoms with Crippen LogP contribution in [0.3, 0.4) is 0 Å². The Labute approximate surface area is 106 Å². The lowest BCUT2D eigenvalue weighted by molar-refractivity contribution is 0.0924. The summed E-state index contributed by atoms with van der Waals surface area (Å²) in [6, 6.07) is 0.269. The lowest BCUT2D eigenvalue weighted by atomic mass is 10.1. The number of aromatic nitrogens is 1. The van der Waals surface area contributed by atoms with Crippen molar-refractivity contribution in [3.8, 4) is 0 Å². The fraction of sp³-hybridized carbons (Fsp3) is 0.583. The van der Waals surface area contributed by atoms with Crippen LogP contribution in [-0.2, 0) is 0 Å². The number of aryl methyl sites for hydroxylation is 1. The number of hydrogen-bond acceptors (Lipinski definition) is 2. The van der Waals surface area contributed by atoms with Crippen LogP contribution in [0.5, 0.6) is 0 Å². The molecule has 0 unspecified atom stereocenters. The van der Waals surface area contributed by atoms with E-state index in [4.69, 9.17) is 11.6 Å². The number of aromatic amines is 1. The summed E-state index contributed by atoms with van der Waals surface area (Å²) >= 11 is 6.06. The van der Waals surface area contributed by atoms with Crippen LogP contribution in [0.15, 0.2) is 0 Å². The Morgan fingerprint density at radius 2 is 2.00 bits per heavy atom. The fourth-order valence-corrected chi connectivity index (χ4v) is 2.32. The van der Waals surface area contributed by atoms with Gasteiger partial charge in [0, 0.05) is 11.7 Å². The van der Waals surface area contributed by atoms with Gasteiger partial charge in [-0.05, 0) is 45.3 Å². The average Bonchev–Trinajstić information content (AvgIpc) is 2.58. The Bertz CT molecular complexity index is 422. The Balaban J connectivity index is 2.06. The summed E-state index contributed by atoms with van der Waals surface area (Å²) < 4.78 is 0. The number of hydrogen-bond donors (Lipinski definition) is 3. The molecule has 0 aliphatic carbocycles. The van der Waals surface area contributed by atoms with E-state index < -0.39 is 0 Å². The van der Waals surface area contributed by atoms with Crippen LogP contribution in [0, 0.1) is 13.8 Å². The van der Waals surface area contributed by atoms with Crippen LogP contribution < -0.4 is 10.6 Å². The molecule has 0 spiro atoms. The van der Waals surface area contributed by atoms with Crippen molar-refractivity contribution in [2.75, 3.05) is 13.1 Å². The van der Waals surface area contributed by atoms with Crippen molar-refractivity contribution in [3.05, 3.63) is 22.0 Å². The van der Waals surface area contributed by atoms with Crippen LogP contribution in [0.4, 0.5) is 0 Å². The smallest absolute Gasteiger partial charge is 0.268 e. The summed E-state index contributed by atoms with van der Waals surface area (Å²) in [5, 5.41) is 6.97. The Kier molecular flexibility index (Phi) is 3.74. The second kappa shape index (κ2) is 5.10. The molecule has 0 aromatic carbocycles. The molecule has 17 heavy (non-hydrogen) atoms. The van der Waals surface area contributed by atoms with E-state index in [1.165, 1.54) is 0 Å². The summed E-state index contributed by atoms with van der Waals surface area (Å²) in [7, 11) is 0. The Morgan fingerprint density at radius 1 is 1.35 bits per heavy atom. The normalized spacial score (nSPS) is 17.1. The molecule has 0 radical (unpaired) electrons. The van der Waals surface area contributed by atoms with E-state index in [1.807, 2.05) is 13.8 Å². The van der Waals surface area contributed by atoms with Gasteiger partial charge in [0.15, 0.2) is 0 Å². The monoisotopic (exact) mass is 255 g/mol. The molecule has 1 aliphatic rings. The molecule has 1 fully saturated rings. The predicted molar refractivity (Wildman–Crippen MR) is 68.6 cm³/mol. The van der Waals surface area contributed by atoms with Gasteiger partial charge < -0.3 is 15.6 Å². The van der Waals surface area contributed by atoms with Crippen LogP contribution in [0.1, 0.15) is 34.6 Å². The van der Waals surface area contributed by atoms with Crippen LogP contribution in [0.2, 0.25) is 5.02 Å². The molecule has 94 valence electrons. The first-order valence-corrected chi connectivity index (χ1v) is 6.33. The van der Waals surface area contributed by atoms with Crippen molar-refractivity contribution < 1.29 is 4.79 Å². The van der Waals surface area contributed by atoms with E-state index in [0.29, 0.717) is 10.7 Å². The van der Waals surface area contributed by atoms with Crippen molar-refractivity contribution in [2.24, 2.45) is 0 Å². The number of piperidine rings is 1. The molecule has 2 rings (SSSR count). The first kappa shape index (κ1) is 12.5. The zero-order valence-corrected chi connectivity index (χ0v) is 10.9. The highest BCUT2D eigenvalue weighted by Gasteiger charge is 2.20. The number of nitrogens with one attached hydrogen (secondary N) is 3. The molecule has 1 aliphatic heterocycles. The molecule has 2 heterocycles. The van der Waals surface area contributed by atoms with E-state index in [-0.39, 0.29) is 11.9 Å². The largest absolute Gasteiger partial charge is 0.353 e. The van der Waals surface area contributed by atoms with Crippen molar-refractivity contribution in [3.63, 3.8) is 0 Å². The third-order valence-corrected chi connectivity index (χ3v) is 3.81. The Morgan fingerprint density at radius 3 is 2.53 bits per heavy atom. The minimum atomic E-state index is -0.0515. The van der Waals surface area contributed by atoms with Gasteiger partial charge in [-0.2, -0.15) is 0 Å². The van der Waals surface area contributed by atoms with Gasteiger partial charge in [-0.3, -0.25) is 4.79 Å². The van der Waals surface area contributed by atoms with E-state index in [0.717, 1.165) is 37.2 Å². The van der Waals surface area contributed by atoms with E-state index in [9.17, 15) is 4.79 Å². The Hall–Kier alpha value is -1.00. The highest BCUT2D eigenvalue weighted by molar-refractivity contribution is 6.32. The molecule has 0 saturated carbocycles. The number of carbonyl (C=O) groups excluding carboxylic acids is 1. The van der Waals surface area contributed by atoms with Gasteiger partial charge in [0.2, 0.25) is 0 Å². The first-order valence-electron chi connectivity index (χ1n) is 5.96. The fourth-order valence-electron chi connectivity index (χ4n) is 2.18. The number of carbonyl (C=O) groups is 1. The highest BCUT2D eigenvalue weighted by Crippen LogP contribution is 2.23. The molecule has 1 aromatic heterocycles. The van der Waals surface area contributed by atoms with Gasteiger partial charge in [-0.15, -0.1) is 0 Å². The van der Waals surface area contributed by atoms with Crippen LogP contribution >= 0.6 is 11.6 Å². The lowest BCUT2D eigenvalue weighted by Gasteiger charge is -2.23. The molecule has 1 saturated heterocycles. The van der Waals surface area contributed by atoms with E-state index in [2.05, 4.69) is 15.6 Å². The van der Waals surface area contributed by atoms with E-state index >= 15 is 0 Å². The summed E-state index contributed by atoms with van der Waals surface area (Å²) in [6.07, 6.45) is 1.97. The molecule has 4 nitrogen and oxygen atoms in total. The second-order valence-corrected chi connectivity index (χ2v) is 4.94. The van der Waals surface area contributed by atoms with Gasteiger partial charge in [-0.25, -0.2) is 0 Å². The minimum absolute atomic E-state index is 0.0515. The molecule has 1 aromatic rings. The number of rotatable bonds is 2. The molecule has 0 atom stereocenters. The number of halogens is 1. The summed E-state index contributed by atoms with van der Waals surface area (Å²) in [4.78, 5) is 15.1. The molecule has 0 bridgehead atoms. The van der Waals surface area contributed by atoms with Gasteiger partial charge in [0.1, 0.15) is 5.69 Å². The highest BCUT2D eigenvalue weighted by atomic mass is 35.5. The summed E-state index contributed by atoms with van der Waals surface area (Å²) in [6.45, 7) is 5.67. The standard InChI is InChI=1S/C12H18ClN3O/c1-7-10(13)8(2)15-11(7)12(17)16-9-3-5-14-6-4-9/h9,14-15H,3-6H2,1-2H3,(H,16,17). The zero-order valence-electron chi connectivity index (χ0n) is 10.2. The van der Waals surface area contributed by atoms with Crippen molar-refractivity contribution in [1.82, 2.24) is 15.6 Å². The maximum absolute atomic E-state index is 12.1. The SMILES string of the molecule is Cc1[nH]c(C(=O)NC2CCNCC2)c(C)c1Cl. The molecular weight excluding hydrogens is 238 g/mol. The summed E-state index contributed by atoms with van der Waals surface area (Å²) in [5.74, 6) is -0.0515. The van der Waals surface area contributed by atoms with Crippen molar-refractivity contribution in [2.45, 2.75) is 32.7 Å². The van der Waals surface area contributed by atoms with Crippen LogP contribution in [-0.4, -0.2) is 30.0 Å². The maximum atomic E-state index is 12.1. The minimum Gasteiger partial charge on any atom is -0.353 e. The molecular formula is C12H18ClN3O. The lowest BCUT2D eigenvalue weighted by Crippen LogP contribution is -2.43. The number of H-pyrrole nitrogens is 1. The number of amides is 1. The molecule has 3 N–H and O–H groups in total. The predicted octanol–water partition coefficient (Wildman–Crippen LogP) is 1.77. The first-order chi connectivity index (χ1) is 8.09. The van der Waals surface area contributed by atoms with Crippen molar-refractivity contribution >= 4 is 17.5 Å². The zero-order chi connectivity index (χ0) is 12.4. The quantitative estimate of drug-likeness (QED) is 0.754. The molecule has 5 heteroatoms. The summed E-state index contributed by atoms with van der Waals surface area (Å²) in [5.41, 5.74) is 2.27. The topological polar surface area (TPSA) is 56.9 Å². The van der Waals surface area contributed by atoms with Crippen LogP contribution in [0.25, 0.3) is 0 Å². The third-order valence-electron chi connectivity index (χ3n) is 3.25. The second-order valence-electron chi connectivity index (χ2n) is 4.56. The van der Waals surface area contributed by atoms with Crippen molar-refractivity contribution in [1.29, 1.82) is 0 Å². The van der Waals surface area contributed by atoms with E-state index in [1.54, 1.807) is 0 Å². The average molecular weight is 256 g/mol. The molecule has 1 amide bonds. The van der Waals surface area contributed by atoms with Gasteiger partial charge in [0.05, 0.1) is 5.02 Å². The maximum Gasteiger partial charge on any atom is 0.268 e. The third kappa shape index (κ3) is 2.64. The van der Waals surface area contributed by atoms with Gasteiger partial charge in [-0.1, -0.05) is 11.6 Å².